The highest BCUT2D eigenvalue weighted by Crippen LogP contribution is 2.35. The molecule has 0 N–H and O–H groups in total. The lowest BCUT2D eigenvalue weighted by atomic mass is 10.0. The van der Waals surface area contributed by atoms with Crippen LogP contribution in [0.25, 0.3) is 11.6 Å². The van der Waals surface area contributed by atoms with Gasteiger partial charge < -0.3 is 14.2 Å². The van der Waals surface area contributed by atoms with E-state index in [0.717, 1.165) is 11.1 Å². The lowest BCUT2D eigenvalue weighted by Gasteiger charge is -2.08. The van der Waals surface area contributed by atoms with Gasteiger partial charge in [-0.05, 0) is 55.0 Å². The fourth-order valence-electron chi connectivity index (χ4n) is 2.32. The van der Waals surface area contributed by atoms with Crippen molar-refractivity contribution in [3.8, 4) is 23.3 Å². The molecule has 0 bridgehead atoms. The van der Waals surface area contributed by atoms with E-state index in [1.54, 1.807) is 36.4 Å². The highest BCUT2D eigenvalue weighted by molar-refractivity contribution is 6.30. The number of ether oxygens (including phenoxy) is 3. The monoisotopic (exact) mass is 327 g/mol. The highest BCUT2D eigenvalue weighted by atomic mass is 35.5. The number of allylic oxidation sites excluding steroid dienone is 1. The lowest BCUT2D eigenvalue weighted by molar-refractivity contribution is 0.174. The van der Waals surface area contributed by atoms with Gasteiger partial charge in [0.2, 0.25) is 6.79 Å². The van der Waals surface area contributed by atoms with E-state index < -0.39 is 0 Å². The van der Waals surface area contributed by atoms with Gasteiger partial charge in [0.1, 0.15) is 5.75 Å². The first-order valence-corrected chi connectivity index (χ1v) is 7.53. The second-order valence-electron chi connectivity index (χ2n) is 4.85. The third-order valence-corrected chi connectivity index (χ3v) is 3.61. The highest BCUT2D eigenvalue weighted by Gasteiger charge is 2.15. The molecule has 0 saturated heterocycles. The third kappa shape index (κ3) is 3.25. The maximum atomic E-state index is 9.52. The maximum absolute atomic E-state index is 9.52. The fourth-order valence-corrected chi connectivity index (χ4v) is 2.50. The van der Waals surface area contributed by atoms with Crippen LogP contribution in [0, 0.1) is 11.3 Å². The standard InChI is InChI=1S/C18H14ClNO3/c1-2-21-16-6-4-15(19)8-13(16)7-14(10-20)12-3-5-17-18(9-12)23-11-22-17/h3-9H,2,11H2,1H3/b14-7+. The van der Waals surface area contributed by atoms with Crippen LogP contribution < -0.4 is 14.2 Å². The van der Waals surface area contributed by atoms with Crippen molar-refractivity contribution in [2.75, 3.05) is 13.4 Å². The normalized spacial score (nSPS) is 12.8. The number of fused-ring (bicyclic) bond motifs is 1. The number of rotatable bonds is 4. The van der Waals surface area contributed by atoms with Crippen LogP contribution >= 0.6 is 11.6 Å². The first-order chi connectivity index (χ1) is 11.2. The molecule has 0 saturated carbocycles. The molecule has 3 rings (SSSR count). The maximum Gasteiger partial charge on any atom is 0.231 e. The topological polar surface area (TPSA) is 51.5 Å². The van der Waals surface area contributed by atoms with Gasteiger partial charge in [0.15, 0.2) is 11.5 Å². The molecule has 0 amide bonds. The van der Waals surface area contributed by atoms with Crippen molar-refractivity contribution in [3.63, 3.8) is 0 Å². The van der Waals surface area contributed by atoms with Crippen molar-refractivity contribution < 1.29 is 14.2 Å². The van der Waals surface area contributed by atoms with Crippen molar-refractivity contribution >= 4 is 23.3 Å². The molecule has 5 heteroatoms. The smallest absolute Gasteiger partial charge is 0.231 e. The Morgan fingerprint density at radius 2 is 2.09 bits per heavy atom. The van der Waals surface area contributed by atoms with Crippen LogP contribution in [0.15, 0.2) is 36.4 Å². The van der Waals surface area contributed by atoms with Crippen molar-refractivity contribution in [3.05, 3.63) is 52.5 Å². The van der Waals surface area contributed by atoms with Crippen LogP contribution in [0.3, 0.4) is 0 Å². The number of nitriles is 1. The summed E-state index contributed by atoms with van der Waals surface area (Å²) in [7, 11) is 0. The van der Waals surface area contributed by atoms with Crippen molar-refractivity contribution in [2.45, 2.75) is 6.92 Å². The molecule has 0 aromatic heterocycles. The molecule has 0 unspecified atom stereocenters. The van der Waals surface area contributed by atoms with E-state index in [2.05, 4.69) is 6.07 Å². The fraction of sp³-hybridized carbons (Fsp3) is 0.167. The summed E-state index contributed by atoms with van der Waals surface area (Å²) in [6, 6.07) is 13.0. The number of benzene rings is 2. The molecule has 0 spiro atoms. The minimum atomic E-state index is 0.202. The molecule has 0 aliphatic carbocycles. The van der Waals surface area contributed by atoms with Crippen LogP contribution in [-0.4, -0.2) is 13.4 Å². The molecular weight excluding hydrogens is 314 g/mol. The Hall–Kier alpha value is -2.64. The number of nitrogens with zero attached hydrogens (tertiary/aromatic N) is 1. The molecule has 0 fully saturated rings. The van der Waals surface area contributed by atoms with Gasteiger partial charge in [0, 0.05) is 10.6 Å². The lowest BCUT2D eigenvalue weighted by Crippen LogP contribution is -1.94. The van der Waals surface area contributed by atoms with Crippen LogP contribution in [0.4, 0.5) is 0 Å². The molecule has 0 atom stereocenters. The first kappa shape index (κ1) is 15.3. The molecule has 1 aliphatic rings. The van der Waals surface area contributed by atoms with Gasteiger partial charge in [-0.1, -0.05) is 11.6 Å². The zero-order valence-corrected chi connectivity index (χ0v) is 13.3. The second kappa shape index (κ2) is 6.64. The Balaban J connectivity index is 2.03. The summed E-state index contributed by atoms with van der Waals surface area (Å²) in [6.07, 6.45) is 1.76. The summed E-state index contributed by atoms with van der Waals surface area (Å²) < 4.78 is 16.2. The molecule has 116 valence electrons. The van der Waals surface area contributed by atoms with E-state index in [4.69, 9.17) is 25.8 Å². The Morgan fingerprint density at radius 1 is 1.26 bits per heavy atom. The molecule has 4 nitrogen and oxygen atoms in total. The average Bonchev–Trinajstić information content (AvgIpc) is 3.02. The molecule has 2 aromatic rings. The van der Waals surface area contributed by atoms with Crippen LogP contribution in [0.1, 0.15) is 18.1 Å². The third-order valence-electron chi connectivity index (χ3n) is 3.38. The predicted octanol–water partition coefficient (Wildman–Crippen LogP) is 4.53. The minimum absolute atomic E-state index is 0.202. The largest absolute Gasteiger partial charge is 0.493 e. The summed E-state index contributed by atoms with van der Waals surface area (Å²) >= 11 is 6.06. The second-order valence-corrected chi connectivity index (χ2v) is 5.29. The Bertz CT molecular complexity index is 808. The summed E-state index contributed by atoms with van der Waals surface area (Å²) in [5.41, 5.74) is 2.00. The molecule has 1 aliphatic heterocycles. The summed E-state index contributed by atoms with van der Waals surface area (Å²) in [5.74, 6) is 2.01. The Morgan fingerprint density at radius 3 is 2.87 bits per heavy atom. The van der Waals surface area contributed by atoms with Crippen LogP contribution in [-0.2, 0) is 0 Å². The Kier molecular flexibility index (Phi) is 4.40. The van der Waals surface area contributed by atoms with Crippen molar-refractivity contribution in [1.29, 1.82) is 5.26 Å². The SMILES string of the molecule is CCOc1ccc(Cl)cc1/C=C(\C#N)c1ccc2c(c1)OCO2. The van der Waals surface area contributed by atoms with Gasteiger partial charge in [0.25, 0.3) is 0 Å². The van der Waals surface area contributed by atoms with Gasteiger partial charge >= 0.3 is 0 Å². The van der Waals surface area contributed by atoms with Crippen molar-refractivity contribution in [1.82, 2.24) is 0 Å². The van der Waals surface area contributed by atoms with Gasteiger partial charge in [-0.25, -0.2) is 0 Å². The van der Waals surface area contributed by atoms with Gasteiger partial charge in [-0.3, -0.25) is 0 Å². The van der Waals surface area contributed by atoms with Crippen LogP contribution in [0.2, 0.25) is 5.02 Å². The van der Waals surface area contributed by atoms with Crippen molar-refractivity contribution in [2.24, 2.45) is 0 Å². The molecule has 2 aromatic carbocycles. The summed E-state index contributed by atoms with van der Waals surface area (Å²) in [4.78, 5) is 0. The van der Waals surface area contributed by atoms with Crippen LogP contribution in [0.5, 0.6) is 17.2 Å². The zero-order valence-electron chi connectivity index (χ0n) is 12.5. The van der Waals surface area contributed by atoms with E-state index in [9.17, 15) is 5.26 Å². The number of halogens is 1. The molecule has 23 heavy (non-hydrogen) atoms. The minimum Gasteiger partial charge on any atom is -0.493 e. The molecule has 0 radical (unpaired) electrons. The number of hydrogen-bond donors (Lipinski definition) is 0. The van der Waals surface area contributed by atoms with E-state index >= 15 is 0 Å². The molecular formula is C18H14ClNO3. The predicted molar refractivity (Wildman–Crippen MR) is 88.7 cm³/mol. The zero-order chi connectivity index (χ0) is 16.2. The Labute approximate surface area is 139 Å². The van der Waals surface area contributed by atoms with E-state index in [1.165, 1.54) is 0 Å². The van der Waals surface area contributed by atoms with Gasteiger partial charge in [-0.15, -0.1) is 0 Å². The summed E-state index contributed by atoms with van der Waals surface area (Å²) in [5, 5.41) is 10.1. The number of hydrogen-bond acceptors (Lipinski definition) is 4. The van der Waals surface area contributed by atoms with Gasteiger partial charge in [0.05, 0.1) is 18.2 Å². The van der Waals surface area contributed by atoms with E-state index in [1.807, 2.05) is 13.0 Å². The summed E-state index contributed by atoms with van der Waals surface area (Å²) in [6.45, 7) is 2.65. The quantitative estimate of drug-likeness (QED) is 0.611. The average molecular weight is 328 g/mol. The first-order valence-electron chi connectivity index (χ1n) is 7.15. The molecule has 1 heterocycles. The van der Waals surface area contributed by atoms with Gasteiger partial charge in [-0.2, -0.15) is 5.26 Å². The van der Waals surface area contributed by atoms with E-state index in [0.29, 0.717) is 34.5 Å². The van der Waals surface area contributed by atoms with E-state index in [-0.39, 0.29) is 6.79 Å².